The van der Waals surface area contributed by atoms with E-state index in [0.29, 0.717) is 19.3 Å². The lowest BCUT2D eigenvalue weighted by molar-refractivity contribution is -0.167. The molecule has 0 aliphatic carbocycles. The lowest BCUT2D eigenvalue weighted by Gasteiger charge is -2.18. The smallest absolute Gasteiger partial charge is 0.306 e. The maximum Gasteiger partial charge on any atom is 0.306 e. The second-order valence-electron chi connectivity index (χ2n) is 18.9. The molecule has 0 saturated heterocycles. The van der Waals surface area contributed by atoms with E-state index in [-0.39, 0.29) is 31.1 Å². The van der Waals surface area contributed by atoms with Crippen molar-refractivity contribution in [1.82, 2.24) is 0 Å². The summed E-state index contributed by atoms with van der Waals surface area (Å²) < 4.78 is 16.8. The molecule has 0 bridgehead atoms. The number of unbranched alkanes of at least 4 members (excludes halogenated alkanes) is 34. The van der Waals surface area contributed by atoms with Crippen LogP contribution in [0.25, 0.3) is 0 Å². The second-order valence-corrected chi connectivity index (χ2v) is 18.9. The molecule has 374 valence electrons. The molecule has 0 amide bonds. The molecule has 0 aromatic rings. The summed E-state index contributed by atoms with van der Waals surface area (Å²) in [5.41, 5.74) is 0. The van der Waals surface area contributed by atoms with Gasteiger partial charge >= 0.3 is 17.9 Å². The first-order valence-corrected chi connectivity index (χ1v) is 28.0. The van der Waals surface area contributed by atoms with E-state index in [9.17, 15) is 14.4 Å². The molecule has 6 heteroatoms. The van der Waals surface area contributed by atoms with Crippen LogP contribution in [0.5, 0.6) is 0 Å². The normalized spacial score (nSPS) is 12.2. The molecule has 0 N–H and O–H groups in total. The molecule has 1 unspecified atom stereocenters. The molecule has 0 fully saturated rings. The Morgan fingerprint density at radius 3 is 0.875 bits per heavy atom. The first kappa shape index (κ1) is 61.6. The van der Waals surface area contributed by atoms with E-state index >= 15 is 0 Å². The molecule has 1 atom stereocenters. The van der Waals surface area contributed by atoms with Gasteiger partial charge in [-0.15, -0.1) is 0 Å². The maximum absolute atomic E-state index is 12.8. The Kier molecular flexibility index (Phi) is 51.3. The second kappa shape index (κ2) is 53.2. The predicted octanol–water partition coefficient (Wildman–Crippen LogP) is 18.5. The van der Waals surface area contributed by atoms with Crippen molar-refractivity contribution in [1.29, 1.82) is 0 Å². The summed E-state index contributed by atoms with van der Waals surface area (Å²) in [6.45, 7) is 6.63. The Bertz CT molecular complexity index is 1080. The Labute approximate surface area is 397 Å². The van der Waals surface area contributed by atoms with Gasteiger partial charge in [0, 0.05) is 19.3 Å². The van der Waals surface area contributed by atoms with Gasteiger partial charge in [0.15, 0.2) is 6.10 Å². The Morgan fingerprint density at radius 1 is 0.312 bits per heavy atom. The molecule has 0 aromatic heterocycles. The van der Waals surface area contributed by atoms with Gasteiger partial charge in [-0.05, 0) is 57.8 Å². The molecule has 0 aliphatic heterocycles. The highest BCUT2D eigenvalue weighted by Gasteiger charge is 2.19. The highest BCUT2D eigenvalue weighted by Crippen LogP contribution is 2.16. The van der Waals surface area contributed by atoms with E-state index in [2.05, 4.69) is 57.2 Å². The molecule has 0 saturated carbocycles. The molecule has 0 heterocycles. The topological polar surface area (TPSA) is 78.9 Å². The summed E-state index contributed by atoms with van der Waals surface area (Å²) in [4.78, 5) is 38.0. The van der Waals surface area contributed by atoms with E-state index in [4.69, 9.17) is 14.2 Å². The van der Waals surface area contributed by atoms with Crippen molar-refractivity contribution in [2.24, 2.45) is 0 Å². The van der Waals surface area contributed by atoms with Gasteiger partial charge < -0.3 is 14.2 Å². The van der Waals surface area contributed by atoms with Crippen molar-refractivity contribution in [3.63, 3.8) is 0 Å². The third-order valence-corrected chi connectivity index (χ3v) is 12.4. The molecule has 0 aliphatic rings. The van der Waals surface area contributed by atoms with Gasteiger partial charge in [0.05, 0.1) is 0 Å². The molecular weight excluding hydrogens is 793 g/mol. The minimum atomic E-state index is -0.772. The van der Waals surface area contributed by atoms with Gasteiger partial charge in [0.25, 0.3) is 0 Å². The zero-order valence-electron chi connectivity index (χ0n) is 42.8. The van der Waals surface area contributed by atoms with Crippen LogP contribution in [0, 0.1) is 0 Å². The fourth-order valence-electron chi connectivity index (χ4n) is 8.16. The summed E-state index contributed by atoms with van der Waals surface area (Å²) in [7, 11) is 0. The fourth-order valence-corrected chi connectivity index (χ4v) is 8.16. The van der Waals surface area contributed by atoms with Crippen LogP contribution in [0.3, 0.4) is 0 Å². The van der Waals surface area contributed by atoms with Crippen molar-refractivity contribution < 1.29 is 28.6 Å². The average Bonchev–Trinajstić information content (AvgIpc) is 3.29. The highest BCUT2D eigenvalue weighted by molar-refractivity contribution is 5.71. The first-order chi connectivity index (χ1) is 31.5. The summed E-state index contributed by atoms with van der Waals surface area (Å²) >= 11 is 0. The largest absolute Gasteiger partial charge is 0.462 e. The van der Waals surface area contributed by atoms with Crippen molar-refractivity contribution >= 4 is 17.9 Å². The Balaban J connectivity index is 4.28. The number of carbonyl (C=O) groups is 3. The zero-order valence-corrected chi connectivity index (χ0v) is 42.8. The Morgan fingerprint density at radius 2 is 0.562 bits per heavy atom. The highest BCUT2D eigenvalue weighted by atomic mass is 16.6. The van der Waals surface area contributed by atoms with Crippen LogP contribution in [0.15, 0.2) is 36.5 Å². The van der Waals surface area contributed by atoms with Gasteiger partial charge in [-0.2, -0.15) is 0 Å². The van der Waals surface area contributed by atoms with Gasteiger partial charge in [-0.25, -0.2) is 0 Å². The van der Waals surface area contributed by atoms with Crippen LogP contribution >= 0.6 is 0 Å². The van der Waals surface area contributed by atoms with Crippen LogP contribution < -0.4 is 0 Å². The number of esters is 3. The third kappa shape index (κ3) is 50.6. The minimum absolute atomic E-state index is 0.0723. The quantitative estimate of drug-likeness (QED) is 0.0262. The summed E-state index contributed by atoms with van der Waals surface area (Å²) in [6.07, 6.45) is 62.8. The number of carbonyl (C=O) groups excluding carboxylic acids is 3. The van der Waals surface area contributed by atoms with Crippen LogP contribution in [-0.4, -0.2) is 37.2 Å². The fraction of sp³-hybridized carbons (Fsp3) is 0.845. The van der Waals surface area contributed by atoms with E-state index in [1.165, 1.54) is 180 Å². The van der Waals surface area contributed by atoms with Crippen LogP contribution in [0.1, 0.15) is 297 Å². The van der Waals surface area contributed by atoms with Crippen LogP contribution in [0.4, 0.5) is 0 Å². The number of hydrogen-bond donors (Lipinski definition) is 0. The van der Waals surface area contributed by atoms with Crippen molar-refractivity contribution in [2.45, 2.75) is 303 Å². The summed E-state index contributed by atoms with van der Waals surface area (Å²) in [5, 5.41) is 0. The molecular formula is C58H106O6. The predicted molar refractivity (Wildman–Crippen MR) is 275 cm³/mol. The molecule has 0 aromatic carbocycles. The molecule has 0 radical (unpaired) electrons. The average molecular weight is 899 g/mol. The number of rotatable bonds is 51. The van der Waals surface area contributed by atoms with Gasteiger partial charge in [-0.1, -0.05) is 256 Å². The summed E-state index contributed by atoms with van der Waals surface area (Å²) in [5.74, 6) is -0.873. The number of allylic oxidation sites excluding steroid dienone is 6. The first-order valence-electron chi connectivity index (χ1n) is 28.0. The SMILES string of the molecule is CCCCCCC/C=C\C/C=C\C/C=C\CCCCCCCCC(=O)OCC(COC(=O)CCCCCCCCCCC)OC(=O)CCCCCCCCCCCCCCCCCC. The molecule has 64 heavy (non-hydrogen) atoms. The van der Waals surface area contributed by atoms with E-state index in [0.717, 1.165) is 77.0 Å². The van der Waals surface area contributed by atoms with Crippen molar-refractivity contribution in [2.75, 3.05) is 13.2 Å². The van der Waals surface area contributed by atoms with Crippen LogP contribution in [0.2, 0.25) is 0 Å². The van der Waals surface area contributed by atoms with E-state index < -0.39 is 6.10 Å². The Hall–Kier alpha value is -2.37. The summed E-state index contributed by atoms with van der Waals surface area (Å²) in [6, 6.07) is 0. The monoisotopic (exact) mass is 899 g/mol. The number of ether oxygens (including phenoxy) is 3. The number of hydrogen-bond acceptors (Lipinski definition) is 6. The third-order valence-electron chi connectivity index (χ3n) is 12.4. The molecule has 0 rings (SSSR count). The van der Waals surface area contributed by atoms with Gasteiger partial charge in [0.1, 0.15) is 13.2 Å². The van der Waals surface area contributed by atoms with Crippen molar-refractivity contribution in [3.05, 3.63) is 36.5 Å². The van der Waals surface area contributed by atoms with Crippen LogP contribution in [-0.2, 0) is 28.6 Å². The lowest BCUT2D eigenvalue weighted by Crippen LogP contribution is -2.30. The van der Waals surface area contributed by atoms with Gasteiger partial charge in [-0.3, -0.25) is 14.4 Å². The van der Waals surface area contributed by atoms with E-state index in [1.807, 2.05) is 0 Å². The minimum Gasteiger partial charge on any atom is -0.462 e. The standard InChI is InChI=1S/C58H106O6/c1-4-7-10-13-16-19-21-23-25-27-28-29-30-31-33-34-36-39-42-45-48-51-57(60)63-54-55(53-62-56(59)50-47-44-41-38-18-15-12-9-6-3)64-58(61)52-49-46-43-40-37-35-32-26-24-22-20-17-14-11-8-5-2/h21,23,27-28,30-31,55H,4-20,22,24-26,29,32-54H2,1-3H3/b23-21-,28-27-,31-30-. The van der Waals surface area contributed by atoms with E-state index in [1.54, 1.807) is 0 Å². The van der Waals surface area contributed by atoms with Gasteiger partial charge in [0.2, 0.25) is 0 Å². The molecule has 6 nitrogen and oxygen atoms in total. The maximum atomic E-state index is 12.8. The zero-order chi connectivity index (χ0) is 46.5. The van der Waals surface area contributed by atoms with Crippen molar-refractivity contribution in [3.8, 4) is 0 Å². The lowest BCUT2D eigenvalue weighted by atomic mass is 10.0. The molecule has 0 spiro atoms.